The van der Waals surface area contributed by atoms with Crippen LogP contribution in [0.2, 0.25) is 0 Å². The lowest BCUT2D eigenvalue weighted by atomic mass is 10.1. The highest BCUT2D eigenvalue weighted by Gasteiger charge is 2.15. The van der Waals surface area contributed by atoms with Crippen molar-refractivity contribution in [2.45, 2.75) is 26.9 Å². The molecule has 0 spiro atoms. The molecule has 0 aliphatic rings. The van der Waals surface area contributed by atoms with E-state index < -0.39 is 11.6 Å². The van der Waals surface area contributed by atoms with E-state index in [-0.39, 0.29) is 17.8 Å². The molecule has 0 saturated heterocycles. The lowest BCUT2D eigenvalue weighted by Gasteiger charge is -2.23. The van der Waals surface area contributed by atoms with Crippen LogP contribution in [0.25, 0.3) is 0 Å². The second-order valence-electron chi connectivity index (χ2n) is 4.31. The Labute approximate surface area is 101 Å². The molecule has 1 aromatic rings. The van der Waals surface area contributed by atoms with Gasteiger partial charge in [0, 0.05) is 24.7 Å². The summed E-state index contributed by atoms with van der Waals surface area (Å²) < 4.78 is 31.6. The van der Waals surface area contributed by atoms with Gasteiger partial charge < -0.3 is 10.1 Å². The lowest BCUT2D eigenvalue weighted by Crippen LogP contribution is -2.35. The number of benzene rings is 1. The maximum atomic E-state index is 13.0. The zero-order valence-electron chi connectivity index (χ0n) is 10.5. The van der Waals surface area contributed by atoms with E-state index >= 15 is 0 Å². The average molecular weight is 243 g/mol. The third-order valence-electron chi connectivity index (χ3n) is 2.46. The second-order valence-corrected chi connectivity index (χ2v) is 4.31. The fourth-order valence-corrected chi connectivity index (χ4v) is 1.47. The van der Waals surface area contributed by atoms with Crippen LogP contribution in [0.5, 0.6) is 5.75 Å². The average Bonchev–Trinajstić information content (AvgIpc) is 2.22. The Hall–Kier alpha value is -1.16. The van der Waals surface area contributed by atoms with Crippen LogP contribution in [0.15, 0.2) is 18.2 Å². The van der Waals surface area contributed by atoms with Crippen molar-refractivity contribution < 1.29 is 13.5 Å². The van der Waals surface area contributed by atoms with Crippen LogP contribution in [0, 0.1) is 17.6 Å². The highest BCUT2D eigenvalue weighted by atomic mass is 19.1. The Bertz CT molecular complexity index is 335. The van der Waals surface area contributed by atoms with Crippen molar-refractivity contribution in [3.8, 4) is 5.75 Å². The number of rotatable bonds is 6. The first-order valence-electron chi connectivity index (χ1n) is 5.86. The molecule has 96 valence electrons. The van der Waals surface area contributed by atoms with E-state index in [0.717, 1.165) is 12.6 Å². The van der Waals surface area contributed by atoms with Gasteiger partial charge in [0.05, 0.1) is 0 Å². The van der Waals surface area contributed by atoms with Crippen molar-refractivity contribution in [3.63, 3.8) is 0 Å². The van der Waals surface area contributed by atoms with Gasteiger partial charge in [0.1, 0.15) is 23.5 Å². The molecule has 0 aliphatic carbocycles. The number of likely N-dealkylation sites (N-methyl/N-ethyl adjacent to an activating group) is 1. The largest absolute Gasteiger partial charge is 0.489 e. The molecule has 0 heterocycles. The van der Waals surface area contributed by atoms with Gasteiger partial charge >= 0.3 is 0 Å². The third-order valence-corrected chi connectivity index (χ3v) is 2.46. The normalized spacial score (nSPS) is 12.8. The summed E-state index contributed by atoms with van der Waals surface area (Å²) in [6.07, 6.45) is -0.101. The quantitative estimate of drug-likeness (QED) is 0.829. The summed E-state index contributed by atoms with van der Waals surface area (Å²) in [6.45, 7) is 7.52. The van der Waals surface area contributed by atoms with Crippen molar-refractivity contribution in [3.05, 3.63) is 29.8 Å². The Morgan fingerprint density at radius 2 is 1.76 bits per heavy atom. The van der Waals surface area contributed by atoms with Crippen LogP contribution in [0.4, 0.5) is 8.78 Å². The zero-order chi connectivity index (χ0) is 12.8. The summed E-state index contributed by atoms with van der Waals surface area (Å²) in [6, 6.07) is 3.23. The van der Waals surface area contributed by atoms with Crippen molar-refractivity contribution >= 4 is 0 Å². The number of hydrogen-bond donors (Lipinski definition) is 1. The van der Waals surface area contributed by atoms with Crippen LogP contribution >= 0.6 is 0 Å². The molecule has 0 bridgehead atoms. The Balaban J connectivity index is 2.71. The number of hydrogen-bond acceptors (Lipinski definition) is 2. The van der Waals surface area contributed by atoms with Crippen LogP contribution in [0.3, 0.4) is 0 Å². The van der Waals surface area contributed by atoms with Crippen LogP contribution in [-0.2, 0) is 0 Å². The summed E-state index contributed by atoms with van der Waals surface area (Å²) in [5.41, 5.74) is 0. The molecule has 1 aromatic carbocycles. The van der Waals surface area contributed by atoms with Crippen LogP contribution in [0.1, 0.15) is 20.8 Å². The fraction of sp³-hybridized carbons (Fsp3) is 0.538. The van der Waals surface area contributed by atoms with Crippen LogP contribution in [-0.4, -0.2) is 19.2 Å². The first-order chi connectivity index (χ1) is 8.02. The summed E-state index contributed by atoms with van der Waals surface area (Å²) in [5.74, 6) is -0.739. The minimum Gasteiger partial charge on any atom is -0.489 e. The predicted octanol–water partition coefficient (Wildman–Crippen LogP) is 2.98. The number of ether oxygens (including phenoxy) is 1. The smallest absolute Gasteiger partial charge is 0.129 e. The van der Waals surface area contributed by atoms with Gasteiger partial charge in [0.2, 0.25) is 0 Å². The molecule has 0 aromatic heterocycles. The molecule has 0 amide bonds. The SMILES string of the molecule is CCNCC(Oc1cc(F)cc(F)c1)C(C)C. The molecule has 0 aliphatic heterocycles. The first kappa shape index (κ1) is 13.9. The van der Waals surface area contributed by atoms with E-state index in [1.807, 2.05) is 20.8 Å². The molecule has 1 rings (SSSR count). The van der Waals surface area contributed by atoms with E-state index in [9.17, 15) is 8.78 Å². The number of halogens is 2. The Morgan fingerprint density at radius 3 is 2.24 bits per heavy atom. The van der Waals surface area contributed by atoms with E-state index in [4.69, 9.17) is 4.74 Å². The van der Waals surface area contributed by atoms with Gasteiger partial charge in [0.15, 0.2) is 0 Å². The van der Waals surface area contributed by atoms with Gasteiger partial charge in [0.25, 0.3) is 0 Å². The monoisotopic (exact) mass is 243 g/mol. The van der Waals surface area contributed by atoms with Crippen molar-refractivity contribution in [1.29, 1.82) is 0 Å². The molecule has 17 heavy (non-hydrogen) atoms. The molecule has 1 atom stereocenters. The van der Waals surface area contributed by atoms with Crippen LogP contribution < -0.4 is 10.1 Å². The Kier molecular flexibility index (Phi) is 5.35. The summed E-state index contributed by atoms with van der Waals surface area (Å²) >= 11 is 0. The molecular formula is C13H19F2NO. The van der Waals surface area contributed by atoms with Gasteiger partial charge in [-0.1, -0.05) is 20.8 Å². The van der Waals surface area contributed by atoms with E-state index in [1.165, 1.54) is 12.1 Å². The maximum absolute atomic E-state index is 13.0. The standard InChI is InChI=1S/C13H19F2NO/c1-4-16-8-13(9(2)3)17-12-6-10(14)5-11(15)7-12/h5-7,9,13,16H,4,8H2,1-3H3. The van der Waals surface area contributed by atoms with Gasteiger partial charge in [-0.2, -0.15) is 0 Å². The molecule has 2 nitrogen and oxygen atoms in total. The predicted molar refractivity (Wildman–Crippen MR) is 64.2 cm³/mol. The minimum absolute atomic E-state index is 0.101. The molecule has 1 unspecified atom stereocenters. The Morgan fingerprint density at radius 1 is 1.18 bits per heavy atom. The van der Waals surface area contributed by atoms with E-state index in [1.54, 1.807) is 0 Å². The summed E-state index contributed by atoms with van der Waals surface area (Å²) in [4.78, 5) is 0. The maximum Gasteiger partial charge on any atom is 0.129 e. The van der Waals surface area contributed by atoms with E-state index in [2.05, 4.69) is 5.32 Å². The van der Waals surface area contributed by atoms with E-state index in [0.29, 0.717) is 6.54 Å². The molecule has 1 N–H and O–H groups in total. The lowest BCUT2D eigenvalue weighted by molar-refractivity contribution is 0.148. The summed E-state index contributed by atoms with van der Waals surface area (Å²) in [5, 5.41) is 3.17. The fourth-order valence-electron chi connectivity index (χ4n) is 1.47. The molecular weight excluding hydrogens is 224 g/mol. The zero-order valence-corrected chi connectivity index (χ0v) is 10.5. The van der Waals surface area contributed by atoms with Gasteiger partial charge in [-0.15, -0.1) is 0 Å². The summed E-state index contributed by atoms with van der Waals surface area (Å²) in [7, 11) is 0. The molecule has 0 saturated carbocycles. The van der Waals surface area contributed by atoms with Gasteiger partial charge in [-0.25, -0.2) is 8.78 Å². The highest BCUT2D eigenvalue weighted by Crippen LogP contribution is 2.19. The molecule has 0 radical (unpaired) electrons. The molecule has 0 fully saturated rings. The van der Waals surface area contributed by atoms with Gasteiger partial charge in [-0.05, 0) is 12.5 Å². The highest BCUT2D eigenvalue weighted by molar-refractivity contribution is 5.24. The minimum atomic E-state index is -0.619. The van der Waals surface area contributed by atoms with Crippen molar-refractivity contribution in [1.82, 2.24) is 5.32 Å². The van der Waals surface area contributed by atoms with Crippen molar-refractivity contribution in [2.24, 2.45) is 5.92 Å². The topological polar surface area (TPSA) is 21.3 Å². The van der Waals surface area contributed by atoms with Gasteiger partial charge in [-0.3, -0.25) is 0 Å². The third kappa shape index (κ3) is 4.69. The second kappa shape index (κ2) is 6.55. The molecule has 4 heteroatoms. The number of nitrogens with one attached hydrogen (secondary N) is 1. The van der Waals surface area contributed by atoms with Crippen molar-refractivity contribution in [2.75, 3.05) is 13.1 Å². The first-order valence-corrected chi connectivity index (χ1v) is 5.86.